The molecule has 4 nitrogen and oxygen atoms in total. The molecule has 0 aliphatic carbocycles. The molecule has 2 aromatic rings. The molecule has 1 atom stereocenters. The fourth-order valence-electron chi connectivity index (χ4n) is 3.33. The average molecular weight is 292 g/mol. The van der Waals surface area contributed by atoms with Gasteiger partial charge < -0.3 is 10.1 Å². The van der Waals surface area contributed by atoms with Crippen LogP contribution < -0.4 is 10.1 Å². The van der Waals surface area contributed by atoms with Gasteiger partial charge in [-0.25, -0.2) is 0 Å². The number of anilines is 1. The number of hydrogen-bond acceptors (Lipinski definition) is 4. The fraction of sp³-hybridized carbons (Fsp3) is 0.222. The average Bonchev–Trinajstić information content (AvgIpc) is 2.75. The maximum Gasteiger partial charge on any atom is 0.209 e. The van der Waals surface area contributed by atoms with Gasteiger partial charge in [-0.15, -0.1) is 4.91 Å². The van der Waals surface area contributed by atoms with E-state index in [9.17, 15) is 4.91 Å². The Bertz CT molecular complexity index is 810. The van der Waals surface area contributed by atoms with Crippen molar-refractivity contribution in [3.05, 3.63) is 64.6 Å². The molecule has 4 rings (SSSR count). The maximum atomic E-state index is 10.7. The maximum absolute atomic E-state index is 10.7. The van der Waals surface area contributed by atoms with Crippen LogP contribution in [-0.2, 0) is 5.41 Å². The fourth-order valence-corrected chi connectivity index (χ4v) is 3.33. The van der Waals surface area contributed by atoms with E-state index in [0.29, 0.717) is 5.69 Å². The first-order valence-electron chi connectivity index (χ1n) is 7.29. The molecule has 0 amide bonds. The Kier molecular flexibility index (Phi) is 2.49. The first-order chi connectivity index (χ1) is 10.6. The van der Waals surface area contributed by atoms with Gasteiger partial charge in [-0.1, -0.05) is 18.2 Å². The smallest absolute Gasteiger partial charge is 0.209 e. The molecule has 1 N–H and O–H groups in total. The Labute approximate surface area is 128 Å². The lowest BCUT2D eigenvalue weighted by molar-refractivity contribution is 0.0824. The number of rotatable bonds is 1. The minimum atomic E-state index is -0.625. The minimum Gasteiger partial charge on any atom is -0.463 e. The highest BCUT2D eigenvalue weighted by atomic mass is 16.5. The van der Waals surface area contributed by atoms with Crippen molar-refractivity contribution in [3.63, 3.8) is 0 Å². The predicted molar refractivity (Wildman–Crippen MR) is 87.4 cm³/mol. The Morgan fingerprint density at radius 1 is 1.14 bits per heavy atom. The summed E-state index contributed by atoms with van der Waals surface area (Å²) in [5.74, 6) is 0.753. The third kappa shape index (κ3) is 1.58. The van der Waals surface area contributed by atoms with Crippen molar-refractivity contribution in [1.29, 1.82) is 0 Å². The van der Waals surface area contributed by atoms with Gasteiger partial charge in [0.1, 0.15) is 11.4 Å². The Morgan fingerprint density at radius 2 is 1.95 bits per heavy atom. The van der Waals surface area contributed by atoms with E-state index < -0.39 is 5.72 Å². The standard InChI is InChI=1S/C18H16N2O2/c1-17(2)14-5-3-4-6-15(14)19-18(17)10-9-12-11-13(20-21)7-8-16(12)22-18/h3-11,19H,1-2H3. The Morgan fingerprint density at radius 3 is 2.73 bits per heavy atom. The summed E-state index contributed by atoms with van der Waals surface area (Å²) >= 11 is 0. The summed E-state index contributed by atoms with van der Waals surface area (Å²) in [7, 11) is 0. The van der Waals surface area contributed by atoms with E-state index in [4.69, 9.17) is 4.74 Å². The molecule has 1 spiro atoms. The number of nitrogens with one attached hydrogen (secondary N) is 1. The lowest BCUT2D eigenvalue weighted by atomic mass is 9.76. The van der Waals surface area contributed by atoms with Crippen molar-refractivity contribution in [3.8, 4) is 5.75 Å². The van der Waals surface area contributed by atoms with Crippen molar-refractivity contribution in [2.75, 3.05) is 5.32 Å². The van der Waals surface area contributed by atoms with Crippen molar-refractivity contribution in [2.24, 2.45) is 5.18 Å². The van der Waals surface area contributed by atoms with Gasteiger partial charge in [-0.2, -0.15) is 0 Å². The normalized spacial score (nSPS) is 23.4. The summed E-state index contributed by atoms with van der Waals surface area (Å²) in [4.78, 5) is 10.7. The number of nitroso groups, excluding NO2 is 1. The van der Waals surface area contributed by atoms with Crippen LogP contribution in [-0.4, -0.2) is 5.72 Å². The van der Waals surface area contributed by atoms with Gasteiger partial charge in [0.2, 0.25) is 5.72 Å². The highest BCUT2D eigenvalue weighted by Crippen LogP contribution is 2.51. The van der Waals surface area contributed by atoms with Crippen molar-refractivity contribution in [1.82, 2.24) is 0 Å². The van der Waals surface area contributed by atoms with Gasteiger partial charge in [0, 0.05) is 11.3 Å². The quantitative estimate of drug-likeness (QED) is 0.782. The highest BCUT2D eigenvalue weighted by molar-refractivity contribution is 5.71. The molecule has 2 aliphatic rings. The molecule has 110 valence electrons. The molecule has 2 aliphatic heterocycles. The molecule has 1 unspecified atom stereocenters. The van der Waals surface area contributed by atoms with Crippen LogP contribution in [0, 0.1) is 4.91 Å². The molecule has 0 saturated heterocycles. The molecular formula is C18H16N2O2. The second-order valence-corrected chi connectivity index (χ2v) is 6.28. The molecule has 4 heteroatoms. The summed E-state index contributed by atoms with van der Waals surface area (Å²) in [6.07, 6.45) is 4.03. The van der Waals surface area contributed by atoms with Gasteiger partial charge in [-0.3, -0.25) is 0 Å². The van der Waals surface area contributed by atoms with Gasteiger partial charge in [-0.05, 0) is 61.0 Å². The Hall–Kier alpha value is -2.62. The van der Waals surface area contributed by atoms with Gasteiger partial charge >= 0.3 is 0 Å². The van der Waals surface area contributed by atoms with E-state index >= 15 is 0 Å². The Balaban J connectivity index is 1.82. The number of fused-ring (bicyclic) bond motifs is 2. The topological polar surface area (TPSA) is 50.7 Å². The van der Waals surface area contributed by atoms with Crippen LogP contribution in [0.5, 0.6) is 5.75 Å². The van der Waals surface area contributed by atoms with Crippen LogP contribution in [0.2, 0.25) is 0 Å². The first kappa shape index (κ1) is 13.1. The van der Waals surface area contributed by atoms with Crippen LogP contribution >= 0.6 is 0 Å². The third-order valence-corrected chi connectivity index (χ3v) is 4.72. The summed E-state index contributed by atoms with van der Waals surface area (Å²) in [5, 5.41) is 6.49. The van der Waals surface area contributed by atoms with E-state index in [1.54, 1.807) is 18.2 Å². The van der Waals surface area contributed by atoms with Gasteiger partial charge in [0.25, 0.3) is 0 Å². The van der Waals surface area contributed by atoms with E-state index in [1.807, 2.05) is 24.3 Å². The predicted octanol–water partition coefficient (Wildman–Crippen LogP) is 4.59. The number of nitrogens with zero attached hydrogens (tertiary/aromatic N) is 1. The van der Waals surface area contributed by atoms with Crippen molar-refractivity contribution in [2.45, 2.75) is 25.0 Å². The minimum absolute atomic E-state index is 0.223. The van der Waals surface area contributed by atoms with Crippen LogP contribution in [0.1, 0.15) is 25.0 Å². The van der Waals surface area contributed by atoms with Crippen LogP contribution in [0.25, 0.3) is 6.08 Å². The summed E-state index contributed by atoms with van der Waals surface area (Å²) in [6.45, 7) is 4.34. The number of benzene rings is 2. The van der Waals surface area contributed by atoms with Crippen LogP contribution in [0.15, 0.2) is 53.7 Å². The second kappa shape index (κ2) is 4.19. The zero-order valence-electron chi connectivity index (χ0n) is 12.5. The molecule has 2 heterocycles. The highest BCUT2D eigenvalue weighted by Gasteiger charge is 2.53. The lowest BCUT2D eigenvalue weighted by Crippen LogP contribution is -2.53. The van der Waals surface area contributed by atoms with E-state index in [-0.39, 0.29) is 5.41 Å². The second-order valence-electron chi connectivity index (χ2n) is 6.28. The number of para-hydroxylation sites is 1. The molecule has 0 saturated carbocycles. The molecular weight excluding hydrogens is 276 g/mol. The molecule has 0 aromatic heterocycles. The molecule has 0 radical (unpaired) electrons. The first-order valence-corrected chi connectivity index (χ1v) is 7.29. The molecule has 22 heavy (non-hydrogen) atoms. The van der Waals surface area contributed by atoms with E-state index in [1.165, 1.54) is 5.56 Å². The summed E-state index contributed by atoms with van der Waals surface area (Å²) in [5.41, 5.74) is 2.75. The third-order valence-electron chi connectivity index (χ3n) is 4.72. The molecule has 0 fully saturated rings. The summed E-state index contributed by atoms with van der Waals surface area (Å²) in [6, 6.07) is 13.5. The SMILES string of the molecule is CC1(C)c2ccccc2NC12C=Cc1cc(N=O)ccc1O2. The lowest BCUT2D eigenvalue weighted by Gasteiger charge is -2.41. The van der Waals surface area contributed by atoms with E-state index in [2.05, 4.69) is 36.5 Å². The van der Waals surface area contributed by atoms with Crippen LogP contribution in [0.4, 0.5) is 11.4 Å². The number of hydrogen-bond donors (Lipinski definition) is 1. The molecule has 0 bridgehead atoms. The zero-order valence-corrected chi connectivity index (χ0v) is 12.5. The van der Waals surface area contributed by atoms with Crippen molar-refractivity contribution >= 4 is 17.5 Å². The zero-order chi connectivity index (χ0) is 15.4. The van der Waals surface area contributed by atoms with Crippen molar-refractivity contribution < 1.29 is 4.74 Å². The van der Waals surface area contributed by atoms with E-state index in [0.717, 1.165) is 17.0 Å². The summed E-state index contributed by atoms with van der Waals surface area (Å²) < 4.78 is 6.34. The van der Waals surface area contributed by atoms with Gasteiger partial charge in [0.05, 0.1) is 5.41 Å². The van der Waals surface area contributed by atoms with Crippen LogP contribution in [0.3, 0.4) is 0 Å². The molecule has 2 aromatic carbocycles. The monoisotopic (exact) mass is 292 g/mol. The number of ether oxygens (including phenoxy) is 1. The van der Waals surface area contributed by atoms with Gasteiger partial charge in [0.15, 0.2) is 0 Å². The largest absolute Gasteiger partial charge is 0.463 e.